The number of carbonyl (C=O) groups is 1. The van der Waals surface area contributed by atoms with Gasteiger partial charge >= 0.3 is 47.7 Å². The first-order valence-corrected chi connectivity index (χ1v) is 8.08. The molecule has 0 aromatic carbocycles. The first kappa shape index (κ1) is 31.3. The molecule has 33 heavy (non-hydrogen) atoms. The second-order valence-electron chi connectivity index (χ2n) is 6.59. The molecule has 0 bridgehead atoms. The van der Waals surface area contributed by atoms with E-state index in [2.05, 4.69) is 0 Å². The maximum atomic E-state index is 13.5. The van der Waals surface area contributed by atoms with E-state index in [-0.39, 0.29) is 0 Å². The molecule has 0 radical (unpaired) electrons. The Kier molecular flexibility index (Phi) is 8.67. The molecule has 0 aromatic rings. The fourth-order valence-corrected chi connectivity index (χ4v) is 2.12. The predicted molar refractivity (Wildman–Crippen MR) is 71.6 cm³/mol. The molecule has 0 aromatic heterocycles. The van der Waals surface area contributed by atoms with Crippen molar-refractivity contribution in [1.29, 1.82) is 0 Å². The Balaban J connectivity index is 5.97. The third kappa shape index (κ3) is 5.35. The first-order chi connectivity index (χ1) is 14.2. The Morgan fingerprint density at radius 2 is 1.06 bits per heavy atom. The van der Waals surface area contributed by atoms with Crippen molar-refractivity contribution in [1.82, 2.24) is 0 Å². The van der Waals surface area contributed by atoms with Crippen LogP contribution in [-0.2, 0) is 4.79 Å². The maximum absolute atomic E-state index is 13.5. The molecule has 19 heteroatoms. The minimum atomic E-state index is -8.23. The van der Waals surface area contributed by atoms with Crippen LogP contribution in [0.2, 0.25) is 0 Å². The standard InChI is InChI=1S/C14H11F17O2/c15-5(6(32)33)3-1-2-4-8(17,18)11(23,24)13(27,28)12(25,26)9(19,20)7(16)10(21,22)14(29,30)31/h5,7H,1-4H2,(H,32,33). The summed E-state index contributed by atoms with van der Waals surface area (Å²) in [5, 5.41) is 8.14. The van der Waals surface area contributed by atoms with E-state index in [1.807, 2.05) is 0 Å². The lowest BCUT2D eigenvalue weighted by molar-refractivity contribution is -0.423. The van der Waals surface area contributed by atoms with E-state index in [9.17, 15) is 79.4 Å². The molecule has 0 aliphatic carbocycles. The monoisotopic (exact) mass is 534 g/mol. The van der Waals surface area contributed by atoms with E-state index in [1.54, 1.807) is 0 Å². The molecule has 0 fully saturated rings. The van der Waals surface area contributed by atoms with Crippen molar-refractivity contribution in [3.05, 3.63) is 0 Å². The molecule has 0 aliphatic rings. The van der Waals surface area contributed by atoms with Crippen molar-refractivity contribution >= 4 is 5.97 Å². The molecule has 1 N–H and O–H groups in total. The molecule has 2 unspecified atom stereocenters. The van der Waals surface area contributed by atoms with Crippen LogP contribution >= 0.6 is 0 Å². The zero-order valence-electron chi connectivity index (χ0n) is 15.3. The molecule has 2 atom stereocenters. The van der Waals surface area contributed by atoms with E-state index in [0.717, 1.165) is 0 Å². The molecule has 0 heterocycles. The Morgan fingerprint density at radius 3 is 1.42 bits per heavy atom. The van der Waals surface area contributed by atoms with Crippen LogP contribution in [0.15, 0.2) is 0 Å². The van der Waals surface area contributed by atoms with Crippen LogP contribution in [0.3, 0.4) is 0 Å². The zero-order valence-corrected chi connectivity index (χ0v) is 15.3. The summed E-state index contributed by atoms with van der Waals surface area (Å²) in [5.41, 5.74) is 0. The lowest BCUT2D eigenvalue weighted by atomic mass is 9.89. The average Bonchev–Trinajstić information content (AvgIpc) is 2.62. The highest BCUT2D eigenvalue weighted by Crippen LogP contribution is 2.60. The highest BCUT2D eigenvalue weighted by molar-refractivity contribution is 5.71. The molecule has 0 aliphatic heterocycles. The number of carboxylic acid groups (broad SMARTS) is 1. The van der Waals surface area contributed by atoms with Gasteiger partial charge in [-0.25, -0.2) is 13.6 Å². The van der Waals surface area contributed by atoms with Gasteiger partial charge < -0.3 is 5.11 Å². The van der Waals surface area contributed by atoms with Crippen LogP contribution in [0.1, 0.15) is 25.7 Å². The van der Waals surface area contributed by atoms with Crippen molar-refractivity contribution < 1.29 is 84.5 Å². The highest BCUT2D eigenvalue weighted by Gasteiger charge is 2.89. The van der Waals surface area contributed by atoms with Crippen LogP contribution in [0.25, 0.3) is 0 Å². The molecular formula is C14H11F17O2. The molecule has 2 nitrogen and oxygen atoms in total. The van der Waals surface area contributed by atoms with E-state index in [4.69, 9.17) is 5.11 Å². The second kappa shape index (κ2) is 9.14. The number of hydrogen-bond donors (Lipinski definition) is 1. The van der Waals surface area contributed by atoms with Gasteiger partial charge in [0.15, 0.2) is 6.17 Å². The van der Waals surface area contributed by atoms with Crippen LogP contribution in [0.5, 0.6) is 0 Å². The van der Waals surface area contributed by atoms with Crippen molar-refractivity contribution in [3.63, 3.8) is 0 Å². The third-order valence-corrected chi connectivity index (χ3v) is 4.15. The van der Waals surface area contributed by atoms with Gasteiger partial charge in [0.05, 0.1) is 0 Å². The van der Waals surface area contributed by atoms with Crippen molar-refractivity contribution in [2.24, 2.45) is 0 Å². The number of unbranched alkanes of at least 4 members (excludes halogenated alkanes) is 1. The molecule has 0 saturated heterocycles. The van der Waals surface area contributed by atoms with E-state index in [0.29, 0.717) is 0 Å². The van der Waals surface area contributed by atoms with Gasteiger partial charge in [-0.3, -0.25) is 0 Å². The minimum absolute atomic E-state index is 1.07. The molecule has 0 amide bonds. The fraction of sp³-hybridized carbons (Fsp3) is 0.929. The summed E-state index contributed by atoms with van der Waals surface area (Å²) in [6.45, 7) is 0. The molecule has 0 spiro atoms. The summed E-state index contributed by atoms with van der Waals surface area (Å²) in [7, 11) is 0. The number of hydrogen-bond acceptors (Lipinski definition) is 1. The molecule has 0 rings (SSSR count). The third-order valence-electron chi connectivity index (χ3n) is 4.15. The van der Waals surface area contributed by atoms with Crippen LogP contribution < -0.4 is 0 Å². The maximum Gasteiger partial charge on any atom is 0.456 e. The molecular weight excluding hydrogens is 523 g/mol. The number of alkyl halides is 17. The fourth-order valence-electron chi connectivity index (χ4n) is 2.12. The van der Waals surface area contributed by atoms with Gasteiger partial charge in [0.2, 0.25) is 6.17 Å². The van der Waals surface area contributed by atoms with Gasteiger partial charge in [-0.2, -0.15) is 65.9 Å². The average molecular weight is 534 g/mol. The smallest absolute Gasteiger partial charge is 0.456 e. The zero-order chi connectivity index (χ0) is 27.1. The summed E-state index contributed by atoms with van der Waals surface area (Å²) in [5.74, 6) is -48.0. The van der Waals surface area contributed by atoms with E-state index < -0.39 is 85.7 Å². The van der Waals surface area contributed by atoms with Gasteiger partial charge in [0.25, 0.3) is 0 Å². The number of aliphatic carboxylic acids is 1. The van der Waals surface area contributed by atoms with Crippen LogP contribution in [0, 0.1) is 0 Å². The summed E-state index contributed by atoms with van der Waals surface area (Å²) in [6.07, 6.45) is -23.1. The Morgan fingerprint density at radius 1 is 0.636 bits per heavy atom. The van der Waals surface area contributed by atoms with Gasteiger partial charge in [-0.15, -0.1) is 0 Å². The summed E-state index contributed by atoms with van der Waals surface area (Å²) in [6, 6.07) is 0. The lowest BCUT2D eigenvalue weighted by Gasteiger charge is -2.41. The van der Waals surface area contributed by atoms with Crippen LogP contribution in [-0.4, -0.2) is 65.1 Å². The largest absolute Gasteiger partial charge is 0.479 e. The van der Waals surface area contributed by atoms with Crippen molar-refractivity contribution in [3.8, 4) is 0 Å². The number of carboxylic acids is 1. The number of halogens is 17. The SMILES string of the molecule is O=C(O)C(F)CCCCC(F)(F)C(F)(F)C(F)(F)C(F)(F)C(F)(F)C(F)C(F)(F)C(F)(F)F. The predicted octanol–water partition coefficient (Wildman–Crippen LogP) is 6.68. The molecule has 198 valence electrons. The number of rotatable bonds is 12. The Labute approximate surface area is 171 Å². The lowest BCUT2D eigenvalue weighted by Crippen LogP contribution is -2.71. The van der Waals surface area contributed by atoms with Crippen molar-refractivity contribution in [2.45, 2.75) is 79.7 Å². The van der Waals surface area contributed by atoms with E-state index >= 15 is 0 Å². The normalized spacial score (nSPS) is 17.1. The topological polar surface area (TPSA) is 37.3 Å². The highest BCUT2D eigenvalue weighted by atomic mass is 19.4. The summed E-state index contributed by atoms with van der Waals surface area (Å²) in [4.78, 5) is 10.1. The second-order valence-corrected chi connectivity index (χ2v) is 6.59. The van der Waals surface area contributed by atoms with Gasteiger partial charge in [-0.1, -0.05) is 0 Å². The van der Waals surface area contributed by atoms with Crippen LogP contribution in [0.4, 0.5) is 74.6 Å². The van der Waals surface area contributed by atoms with Gasteiger partial charge in [0.1, 0.15) is 0 Å². The van der Waals surface area contributed by atoms with Crippen molar-refractivity contribution in [2.75, 3.05) is 0 Å². The first-order valence-electron chi connectivity index (χ1n) is 8.08. The molecule has 0 saturated carbocycles. The van der Waals surface area contributed by atoms with Gasteiger partial charge in [0, 0.05) is 6.42 Å². The summed E-state index contributed by atoms with van der Waals surface area (Å²) < 4.78 is 221. The Hall–Kier alpha value is -1.72. The van der Waals surface area contributed by atoms with E-state index in [1.165, 1.54) is 0 Å². The Bertz CT molecular complexity index is 684. The quantitative estimate of drug-likeness (QED) is 0.224. The summed E-state index contributed by atoms with van der Waals surface area (Å²) >= 11 is 0. The minimum Gasteiger partial charge on any atom is -0.479 e. The van der Waals surface area contributed by atoms with Gasteiger partial charge in [-0.05, 0) is 19.3 Å².